The Labute approximate surface area is 129 Å². The first kappa shape index (κ1) is 13.4. The normalized spacial score (nSPS) is 10.7. The van der Waals surface area contributed by atoms with Crippen LogP contribution in [0, 0.1) is 0 Å². The molecular formula is C12H7Cl2N5S. The highest BCUT2D eigenvalue weighted by atomic mass is 35.5. The lowest BCUT2D eigenvalue weighted by atomic mass is 10.4. The smallest absolute Gasteiger partial charge is 0.173 e. The average Bonchev–Trinajstić information content (AvgIpc) is 2.97. The van der Waals surface area contributed by atoms with Crippen LogP contribution in [0.3, 0.4) is 0 Å². The summed E-state index contributed by atoms with van der Waals surface area (Å²) in [4.78, 5) is 13.2. The molecule has 0 aliphatic carbocycles. The molecule has 3 heterocycles. The number of hydrogen-bond acceptors (Lipinski definition) is 5. The summed E-state index contributed by atoms with van der Waals surface area (Å²) in [6, 6.07) is 3.62. The predicted octanol–water partition coefficient (Wildman–Crippen LogP) is 3.52. The molecule has 3 rings (SSSR count). The molecule has 0 unspecified atom stereocenters. The lowest BCUT2D eigenvalue weighted by Gasteiger charge is -2.07. The molecule has 0 fully saturated rings. The van der Waals surface area contributed by atoms with Crippen molar-refractivity contribution in [1.29, 1.82) is 0 Å². The van der Waals surface area contributed by atoms with Gasteiger partial charge >= 0.3 is 0 Å². The van der Waals surface area contributed by atoms with Gasteiger partial charge in [0.1, 0.15) is 10.2 Å². The third kappa shape index (κ3) is 2.77. The summed E-state index contributed by atoms with van der Waals surface area (Å²) >= 11 is 13.5. The summed E-state index contributed by atoms with van der Waals surface area (Å²) < 4.78 is 1.61. The zero-order chi connectivity index (χ0) is 13.9. The van der Waals surface area contributed by atoms with Crippen LogP contribution in [-0.2, 0) is 0 Å². The molecule has 0 spiro atoms. The van der Waals surface area contributed by atoms with Crippen LogP contribution in [0.5, 0.6) is 0 Å². The summed E-state index contributed by atoms with van der Waals surface area (Å²) in [5.74, 6) is 0.573. The highest BCUT2D eigenvalue weighted by Gasteiger charge is 2.11. The average molecular weight is 324 g/mol. The van der Waals surface area contributed by atoms with Gasteiger partial charge in [-0.05, 0) is 12.1 Å². The Morgan fingerprint density at radius 3 is 2.65 bits per heavy atom. The van der Waals surface area contributed by atoms with E-state index in [1.54, 1.807) is 29.5 Å². The fourth-order valence-electron chi connectivity index (χ4n) is 1.51. The van der Waals surface area contributed by atoms with Crippen molar-refractivity contribution in [3.63, 3.8) is 0 Å². The van der Waals surface area contributed by atoms with E-state index in [4.69, 9.17) is 23.2 Å². The van der Waals surface area contributed by atoms with E-state index in [1.807, 2.05) is 12.1 Å². The summed E-state index contributed by atoms with van der Waals surface area (Å²) in [5.41, 5.74) is 0. The number of nitrogens with zero attached hydrogens (tertiary/aromatic N) is 5. The first-order valence-electron chi connectivity index (χ1n) is 5.54. The standard InChI is InChI=1S/C12H7Cl2N5S/c13-9-6-17-10(7-16-9)20-8-2-4-15-12(11(8)14)19-5-1-3-18-19/h1-7H. The summed E-state index contributed by atoms with van der Waals surface area (Å²) in [7, 11) is 0. The molecule has 0 N–H and O–H groups in total. The van der Waals surface area contributed by atoms with Gasteiger partial charge in [-0.2, -0.15) is 5.10 Å². The number of pyridine rings is 1. The van der Waals surface area contributed by atoms with Crippen molar-refractivity contribution in [3.8, 4) is 5.82 Å². The highest BCUT2D eigenvalue weighted by molar-refractivity contribution is 7.99. The second-order valence-electron chi connectivity index (χ2n) is 3.68. The maximum atomic E-state index is 6.36. The van der Waals surface area contributed by atoms with E-state index in [0.29, 0.717) is 21.0 Å². The Kier molecular flexibility index (Phi) is 3.86. The van der Waals surface area contributed by atoms with Crippen molar-refractivity contribution >= 4 is 35.0 Å². The Morgan fingerprint density at radius 1 is 1.05 bits per heavy atom. The third-order valence-corrected chi connectivity index (χ3v) is 4.03. The van der Waals surface area contributed by atoms with E-state index in [2.05, 4.69) is 20.1 Å². The predicted molar refractivity (Wildman–Crippen MR) is 77.5 cm³/mol. The van der Waals surface area contributed by atoms with Gasteiger partial charge in [-0.3, -0.25) is 0 Å². The van der Waals surface area contributed by atoms with Crippen LogP contribution < -0.4 is 0 Å². The van der Waals surface area contributed by atoms with Gasteiger partial charge in [0.25, 0.3) is 0 Å². The van der Waals surface area contributed by atoms with Crippen molar-refractivity contribution in [1.82, 2.24) is 24.7 Å². The molecule has 0 amide bonds. The fraction of sp³-hybridized carbons (Fsp3) is 0. The Hall–Kier alpha value is -1.63. The van der Waals surface area contributed by atoms with Crippen LogP contribution >= 0.6 is 35.0 Å². The van der Waals surface area contributed by atoms with Crippen molar-refractivity contribution < 1.29 is 0 Å². The molecule has 0 saturated carbocycles. The number of hydrogen-bond donors (Lipinski definition) is 0. The van der Waals surface area contributed by atoms with Crippen LogP contribution in [0.4, 0.5) is 0 Å². The molecule has 0 aromatic carbocycles. The van der Waals surface area contributed by atoms with Crippen molar-refractivity contribution in [2.75, 3.05) is 0 Å². The molecule has 0 atom stereocenters. The lowest BCUT2D eigenvalue weighted by Crippen LogP contribution is -1.99. The van der Waals surface area contributed by atoms with Gasteiger partial charge in [0.15, 0.2) is 5.82 Å². The van der Waals surface area contributed by atoms with E-state index in [-0.39, 0.29) is 0 Å². The molecule has 20 heavy (non-hydrogen) atoms. The largest absolute Gasteiger partial charge is 0.245 e. The SMILES string of the molecule is Clc1cnc(Sc2ccnc(-n3cccn3)c2Cl)cn1. The van der Waals surface area contributed by atoms with Gasteiger partial charge in [0.05, 0.1) is 17.4 Å². The molecule has 8 heteroatoms. The minimum absolute atomic E-state index is 0.354. The van der Waals surface area contributed by atoms with Gasteiger partial charge in [0, 0.05) is 23.5 Å². The van der Waals surface area contributed by atoms with Crippen LogP contribution in [0.1, 0.15) is 0 Å². The van der Waals surface area contributed by atoms with Crippen LogP contribution in [-0.4, -0.2) is 24.7 Å². The first-order valence-corrected chi connectivity index (χ1v) is 7.11. The molecule has 3 aromatic heterocycles. The molecule has 3 aromatic rings. The number of rotatable bonds is 3. The van der Waals surface area contributed by atoms with E-state index in [1.165, 1.54) is 18.0 Å². The van der Waals surface area contributed by atoms with Gasteiger partial charge in [-0.15, -0.1) is 0 Å². The second kappa shape index (κ2) is 5.78. The van der Waals surface area contributed by atoms with Crippen molar-refractivity contribution in [3.05, 3.63) is 53.3 Å². The maximum Gasteiger partial charge on any atom is 0.173 e. The van der Waals surface area contributed by atoms with Crippen LogP contribution in [0.2, 0.25) is 10.2 Å². The van der Waals surface area contributed by atoms with E-state index in [0.717, 1.165) is 4.90 Å². The lowest BCUT2D eigenvalue weighted by molar-refractivity contribution is 0.842. The van der Waals surface area contributed by atoms with Gasteiger partial charge < -0.3 is 0 Å². The number of aromatic nitrogens is 5. The van der Waals surface area contributed by atoms with Crippen LogP contribution in [0.25, 0.3) is 5.82 Å². The van der Waals surface area contributed by atoms with Gasteiger partial charge in [0.2, 0.25) is 0 Å². The van der Waals surface area contributed by atoms with Crippen molar-refractivity contribution in [2.24, 2.45) is 0 Å². The van der Waals surface area contributed by atoms with Crippen molar-refractivity contribution in [2.45, 2.75) is 9.92 Å². The fourth-order valence-corrected chi connectivity index (χ4v) is 2.67. The summed E-state index contributed by atoms with van der Waals surface area (Å²) in [5, 5.41) is 5.69. The third-order valence-electron chi connectivity index (χ3n) is 2.37. The number of halogens is 2. The van der Waals surface area contributed by atoms with E-state index in [9.17, 15) is 0 Å². The topological polar surface area (TPSA) is 56.5 Å². The van der Waals surface area contributed by atoms with Crippen LogP contribution in [0.15, 0.2) is 53.0 Å². The van der Waals surface area contributed by atoms with Gasteiger partial charge in [-0.25, -0.2) is 19.6 Å². The Bertz CT molecular complexity index is 715. The second-order valence-corrected chi connectivity index (χ2v) is 5.50. The minimum atomic E-state index is 0.354. The molecule has 100 valence electrons. The zero-order valence-corrected chi connectivity index (χ0v) is 12.3. The molecule has 0 bridgehead atoms. The van der Waals surface area contributed by atoms with Gasteiger partial charge in [-0.1, -0.05) is 35.0 Å². The molecule has 0 aliphatic heterocycles. The maximum absolute atomic E-state index is 6.36. The molecule has 0 aliphatic rings. The van der Waals surface area contributed by atoms with E-state index >= 15 is 0 Å². The summed E-state index contributed by atoms with van der Waals surface area (Å²) in [6.07, 6.45) is 8.21. The first-order chi connectivity index (χ1) is 9.74. The Morgan fingerprint density at radius 2 is 1.95 bits per heavy atom. The molecule has 0 radical (unpaired) electrons. The highest BCUT2D eigenvalue weighted by Crippen LogP contribution is 2.34. The quantitative estimate of drug-likeness (QED) is 0.738. The molecular weight excluding hydrogens is 317 g/mol. The zero-order valence-electron chi connectivity index (χ0n) is 9.94. The minimum Gasteiger partial charge on any atom is -0.245 e. The molecule has 5 nitrogen and oxygen atoms in total. The Balaban J connectivity index is 1.94. The molecule has 0 saturated heterocycles. The summed E-state index contributed by atoms with van der Waals surface area (Å²) in [6.45, 7) is 0. The van der Waals surface area contributed by atoms with E-state index < -0.39 is 0 Å². The monoisotopic (exact) mass is 323 g/mol.